The van der Waals surface area contributed by atoms with Crippen LogP contribution in [0.3, 0.4) is 0 Å². The summed E-state index contributed by atoms with van der Waals surface area (Å²) in [6.45, 7) is 1.00. The van der Waals surface area contributed by atoms with Gasteiger partial charge in [-0.2, -0.15) is 0 Å². The van der Waals surface area contributed by atoms with Crippen LogP contribution in [0.15, 0.2) is 48.5 Å². The molecule has 2 aromatic rings. The van der Waals surface area contributed by atoms with Crippen molar-refractivity contribution in [3.63, 3.8) is 0 Å². The van der Waals surface area contributed by atoms with Crippen LogP contribution in [0.25, 0.3) is 0 Å². The average Bonchev–Trinajstić information content (AvgIpc) is 2.82. The van der Waals surface area contributed by atoms with E-state index in [-0.39, 0.29) is 0 Å². The van der Waals surface area contributed by atoms with Gasteiger partial charge in [0, 0.05) is 37.9 Å². The number of nitrogens with one attached hydrogen (secondary N) is 1. The molecule has 2 heteroatoms. The van der Waals surface area contributed by atoms with E-state index in [2.05, 4.69) is 72.8 Å². The molecule has 0 fully saturated rings. The Morgan fingerprint density at radius 3 is 2.44 bits per heavy atom. The zero-order valence-corrected chi connectivity index (χ0v) is 10.9. The summed E-state index contributed by atoms with van der Waals surface area (Å²) < 4.78 is 0. The van der Waals surface area contributed by atoms with Gasteiger partial charge in [0.1, 0.15) is 0 Å². The Labute approximate surface area is 108 Å². The van der Waals surface area contributed by atoms with Crippen LogP contribution in [0.2, 0.25) is 0 Å². The van der Waals surface area contributed by atoms with Gasteiger partial charge in [-0.25, -0.2) is 0 Å². The Morgan fingerprint density at radius 1 is 1.00 bits per heavy atom. The summed E-state index contributed by atoms with van der Waals surface area (Å²) in [5, 5.41) is 3.48. The van der Waals surface area contributed by atoms with Gasteiger partial charge in [0.25, 0.3) is 0 Å². The molecule has 0 aliphatic carbocycles. The summed E-state index contributed by atoms with van der Waals surface area (Å²) in [5.41, 5.74) is 5.32. The number of hydrogen-bond acceptors (Lipinski definition) is 2. The quantitative estimate of drug-likeness (QED) is 0.863. The van der Waals surface area contributed by atoms with Crippen molar-refractivity contribution in [2.75, 3.05) is 30.9 Å². The molecule has 1 heterocycles. The molecule has 92 valence electrons. The van der Waals surface area contributed by atoms with Gasteiger partial charge in [0.2, 0.25) is 0 Å². The minimum absolute atomic E-state index is 0.484. The second kappa shape index (κ2) is 4.37. The van der Waals surface area contributed by atoms with Gasteiger partial charge in [0.05, 0.1) is 0 Å². The van der Waals surface area contributed by atoms with Crippen molar-refractivity contribution < 1.29 is 0 Å². The Kier molecular flexibility index (Phi) is 2.71. The lowest BCUT2D eigenvalue weighted by Gasteiger charge is -2.15. The second-order valence-electron chi connectivity index (χ2n) is 5.01. The average molecular weight is 238 g/mol. The summed E-state index contributed by atoms with van der Waals surface area (Å²) >= 11 is 0. The van der Waals surface area contributed by atoms with Gasteiger partial charge in [-0.1, -0.05) is 30.3 Å². The maximum absolute atomic E-state index is 3.48. The van der Waals surface area contributed by atoms with Crippen molar-refractivity contribution in [3.05, 3.63) is 59.7 Å². The van der Waals surface area contributed by atoms with Gasteiger partial charge in [-0.15, -0.1) is 0 Å². The van der Waals surface area contributed by atoms with E-state index in [0.29, 0.717) is 5.92 Å². The molecule has 0 radical (unpaired) electrons. The predicted molar refractivity (Wildman–Crippen MR) is 77.5 cm³/mol. The van der Waals surface area contributed by atoms with Crippen molar-refractivity contribution in [2.24, 2.45) is 0 Å². The number of fused-ring (bicyclic) bond motifs is 1. The first-order chi connectivity index (χ1) is 8.75. The highest BCUT2D eigenvalue weighted by molar-refractivity contribution is 5.61. The third kappa shape index (κ3) is 1.84. The van der Waals surface area contributed by atoms with Gasteiger partial charge in [-0.3, -0.25) is 0 Å². The van der Waals surface area contributed by atoms with E-state index in [0.717, 1.165) is 6.54 Å². The van der Waals surface area contributed by atoms with Crippen molar-refractivity contribution in [1.29, 1.82) is 0 Å². The fourth-order valence-electron chi connectivity index (χ4n) is 2.59. The highest BCUT2D eigenvalue weighted by atomic mass is 15.1. The Balaban J connectivity index is 1.93. The summed E-state index contributed by atoms with van der Waals surface area (Å²) in [5.74, 6) is 0.484. The van der Waals surface area contributed by atoms with Crippen molar-refractivity contribution in [2.45, 2.75) is 5.92 Å². The van der Waals surface area contributed by atoms with Crippen molar-refractivity contribution in [1.82, 2.24) is 0 Å². The lowest BCUT2D eigenvalue weighted by molar-refractivity contribution is 0.906. The van der Waals surface area contributed by atoms with Crippen LogP contribution < -0.4 is 10.2 Å². The molecule has 1 unspecified atom stereocenters. The van der Waals surface area contributed by atoms with E-state index in [9.17, 15) is 0 Å². The molecule has 0 amide bonds. The van der Waals surface area contributed by atoms with Crippen LogP contribution in [0.1, 0.15) is 17.0 Å². The zero-order chi connectivity index (χ0) is 12.5. The minimum Gasteiger partial charge on any atom is -0.384 e. The molecule has 1 aliphatic rings. The first-order valence-corrected chi connectivity index (χ1v) is 6.36. The standard InChI is InChI=1S/C16H18N2/c1-18(2)13-9-7-12(8-10-13)15-11-17-16-6-4-3-5-14(15)16/h3-10,15,17H,11H2,1-2H3. The predicted octanol–water partition coefficient (Wildman–Crippen LogP) is 3.31. The maximum Gasteiger partial charge on any atom is 0.0379 e. The Hall–Kier alpha value is -1.96. The molecule has 1 atom stereocenters. The molecule has 0 saturated heterocycles. The summed E-state index contributed by atoms with van der Waals surface area (Å²) in [4.78, 5) is 2.13. The normalized spacial score (nSPS) is 17.1. The molecule has 1 N–H and O–H groups in total. The van der Waals surface area contributed by atoms with Crippen LogP contribution in [-0.2, 0) is 0 Å². The van der Waals surface area contributed by atoms with Gasteiger partial charge < -0.3 is 10.2 Å². The van der Waals surface area contributed by atoms with E-state index in [1.165, 1.54) is 22.5 Å². The van der Waals surface area contributed by atoms with E-state index < -0.39 is 0 Å². The number of benzene rings is 2. The largest absolute Gasteiger partial charge is 0.384 e. The maximum atomic E-state index is 3.48. The summed E-state index contributed by atoms with van der Waals surface area (Å²) in [6, 6.07) is 17.4. The lowest BCUT2D eigenvalue weighted by atomic mass is 9.93. The number of nitrogens with zero attached hydrogens (tertiary/aromatic N) is 1. The fraction of sp³-hybridized carbons (Fsp3) is 0.250. The number of anilines is 2. The molecular formula is C16H18N2. The molecule has 0 bridgehead atoms. The first kappa shape index (κ1) is 11.1. The smallest absolute Gasteiger partial charge is 0.0379 e. The number of para-hydroxylation sites is 1. The third-order valence-corrected chi connectivity index (χ3v) is 3.64. The number of hydrogen-bond donors (Lipinski definition) is 1. The van der Waals surface area contributed by atoms with Crippen molar-refractivity contribution in [3.8, 4) is 0 Å². The second-order valence-corrected chi connectivity index (χ2v) is 5.01. The van der Waals surface area contributed by atoms with E-state index in [4.69, 9.17) is 0 Å². The van der Waals surface area contributed by atoms with E-state index >= 15 is 0 Å². The molecule has 1 aliphatic heterocycles. The molecule has 0 saturated carbocycles. The molecule has 2 aromatic carbocycles. The van der Waals surface area contributed by atoms with E-state index in [1.54, 1.807) is 0 Å². The molecule has 2 nitrogen and oxygen atoms in total. The van der Waals surface area contributed by atoms with Crippen LogP contribution in [0, 0.1) is 0 Å². The van der Waals surface area contributed by atoms with Crippen molar-refractivity contribution >= 4 is 11.4 Å². The van der Waals surface area contributed by atoms with Gasteiger partial charge in [-0.05, 0) is 29.3 Å². The summed E-state index contributed by atoms with van der Waals surface area (Å²) in [7, 11) is 4.14. The summed E-state index contributed by atoms with van der Waals surface area (Å²) in [6.07, 6.45) is 0. The fourth-order valence-corrected chi connectivity index (χ4v) is 2.59. The van der Waals surface area contributed by atoms with Gasteiger partial charge in [0.15, 0.2) is 0 Å². The van der Waals surface area contributed by atoms with Gasteiger partial charge >= 0.3 is 0 Å². The van der Waals surface area contributed by atoms with Crippen LogP contribution in [-0.4, -0.2) is 20.6 Å². The highest BCUT2D eigenvalue weighted by Gasteiger charge is 2.22. The topological polar surface area (TPSA) is 15.3 Å². The molecule has 3 rings (SSSR count). The minimum atomic E-state index is 0.484. The monoisotopic (exact) mass is 238 g/mol. The molecule has 0 spiro atoms. The highest BCUT2D eigenvalue weighted by Crippen LogP contribution is 2.36. The zero-order valence-electron chi connectivity index (χ0n) is 10.9. The number of rotatable bonds is 2. The Morgan fingerprint density at radius 2 is 1.72 bits per heavy atom. The molecule has 18 heavy (non-hydrogen) atoms. The molecular weight excluding hydrogens is 220 g/mol. The van der Waals surface area contributed by atoms with Crippen LogP contribution >= 0.6 is 0 Å². The Bertz CT molecular complexity index is 543. The van der Waals surface area contributed by atoms with Crippen LogP contribution in [0.5, 0.6) is 0 Å². The SMILES string of the molecule is CN(C)c1ccc(C2CNc3ccccc32)cc1. The first-order valence-electron chi connectivity index (χ1n) is 6.36. The third-order valence-electron chi connectivity index (χ3n) is 3.64. The van der Waals surface area contributed by atoms with E-state index in [1.807, 2.05) is 0 Å². The molecule has 0 aromatic heterocycles. The van der Waals surface area contributed by atoms with Crippen LogP contribution in [0.4, 0.5) is 11.4 Å². The lowest BCUT2D eigenvalue weighted by Crippen LogP contribution is -2.09.